The van der Waals surface area contributed by atoms with Crippen LogP contribution in [0.3, 0.4) is 0 Å². The number of carbonyl (C=O) groups is 1. The average Bonchev–Trinajstić information content (AvgIpc) is 2.37. The van der Waals surface area contributed by atoms with Crippen LogP contribution in [0.5, 0.6) is 0 Å². The second-order valence-electron chi connectivity index (χ2n) is 3.71. The van der Waals surface area contributed by atoms with Gasteiger partial charge in [-0.2, -0.15) is 0 Å². The Labute approximate surface area is 102 Å². The Morgan fingerprint density at radius 3 is 2.94 bits per heavy atom. The summed E-state index contributed by atoms with van der Waals surface area (Å²) >= 11 is 0. The minimum absolute atomic E-state index is 0.0683. The lowest BCUT2D eigenvalue weighted by Crippen LogP contribution is -2.24. The van der Waals surface area contributed by atoms with Crippen molar-refractivity contribution in [1.29, 1.82) is 0 Å². The highest BCUT2D eigenvalue weighted by atomic mass is 16.1. The van der Waals surface area contributed by atoms with E-state index in [0.29, 0.717) is 18.7 Å². The maximum absolute atomic E-state index is 11.7. The van der Waals surface area contributed by atoms with Crippen molar-refractivity contribution >= 4 is 11.7 Å². The second-order valence-corrected chi connectivity index (χ2v) is 3.71. The Morgan fingerprint density at radius 2 is 2.35 bits per heavy atom. The molecule has 2 N–H and O–H groups in total. The molecule has 0 radical (unpaired) electrons. The first-order valence-electron chi connectivity index (χ1n) is 5.87. The van der Waals surface area contributed by atoms with E-state index in [1.54, 1.807) is 24.4 Å². The predicted molar refractivity (Wildman–Crippen MR) is 70.2 cm³/mol. The highest BCUT2D eigenvalue weighted by molar-refractivity contribution is 5.93. The molecule has 0 unspecified atom stereocenters. The van der Waals surface area contributed by atoms with Gasteiger partial charge in [-0.15, -0.1) is 6.58 Å². The number of pyridine rings is 1. The normalized spacial score (nSPS) is 9.71. The van der Waals surface area contributed by atoms with Gasteiger partial charge in [0.1, 0.15) is 5.82 Å². The van der Waals surface area contributed by atoms with Crippen molar-refractivity contribution in [2.45, 2.75) is 19.8 Å². The summed E-state index contributed by atoms with van der Waals surface area (Å²) < 4.78 is 0. The molecule has 1 rings (SSSR count). The largest absolute Gasteiger partial charge is 0.367 e. The van der Waals surface area contributed by atoms with Crippen LogP contribution in [-0.2, 0) is 0 Å². The molecule has 1 heterocycles. The van der Waals surface area contributed by atoms with Crippen LogP contribution in [0.2, 0.25) is 0 Å². The van der Waals surface area contributed by atoms with E-state index in [0.717, 1.165) is 18.7 Å². The number of hydrogen-bond acceptors (Lipinski definition) is 3. The van der Waals surface area contributed by atoms with Crippen LogP contribution in [0.4, 0.5) is 5.82 Å². The van der Waals surface area contributed by atoms with Crippen LogP contribution in [0.15, 0.2) is 31.0 Å². The molecule has 0 aliphatic carbocycles. The van der Waals surface area contributed by atoms with E-state index in [2.05, 4.69) is 29.1 Å². The molecule has 1 aromatic rings. The number of nitrogens with zero attached hydrogens (tertiary/aromatic N) is 1. The van der Waals surface area contributed by atoms with Gasteiger partial charge in [0.2, 0.25) is 0 Å². The van der Waals surface area contributed by atoms with Crippen LogP contribution < -0.4 is 10.6 Å². The quantitative estimate of drug-likeness (QED) is 0.561. The van der Waals surface area contributed by atoms with Gasteiger partial charge in [0, 0.05) is 19.3 Å². The molecule has 4 nitrogen and oxygen atoms in total. The Kier molecular flexibility index (Phi) is 5.79. The molecule has 0 fully saturated rings. The van der Waals surface area contributed by atoms with Gasteiger partial charge in [-0.05, 0) is 18.6 Å². The fraction of sp³-hybridized carbons (Fsp3) is 0.385. The lowest BCUT2D eigenvalue weighted by atomic mass is 10.2. The average molecular weight is 233 g/mol. The zero-order valence-electron chi connectivity index (χ0n) is 10.2. The molecule has 0 aromatic carbocycles. The number of unbranched alkanes of at least 4 members (excludes halogenated alkanes) is 1. The van der Waals surface area contributed by atoms with Crippen LogP contribution >= 0.6 is 0 Å². The molecule has 0 aliphatic heterocycles. The van der Waals surface area contributed by atoms with E-state index in [1.807, 2.05) is 0 Å². The van der Waals surface area contributed by atoms with Crippen LogP contribution in [0, 0.1) is 0 Å². The molecule has 0 aliphatic rings. The highest BCUT2D eigenvalue weighted by Gasteiger charge is 2.04. The lowest BCUT2D eigenvalue weighted by molar-refractivity contribution is 0.0953. The molecule has 1 aromatic heterocycles. The van der Waals surface area contributed by atoms with E-state index >= 15 is 0 Å². The first-order valence-corrected chi connectivity index (χ1v) is 5.87. The third-order valence-corrected chi connectivity index (χ3v) is 2.27. The van der Waals surface area contributed by atoms with Gasteiger partial charge in [-0.3, -0.25) is 4.79 Å². The molecular formula is C13H19N3O. The highest BCUT2D eigenvalue weighted by Crippen LogP contribution is 2.04. The number of amides is 1. The molecule has 0 bridgehead atoms. The van der Waals surface area contributed by atoms with Gasteiger partial charge >= 0.3 is 0 Å². The van der Waals surface area contributed by atoms with Gasteiger partial charge in [-0.25, -0.2) is 4.98 Å². The van der Waals surface area contributed by atoms with E-state index < -0.39 is 0 Å². The first kappa shape index (κ1) is 13.2. The fourth-order valence-electron chi connectivity index (χ4n) is 1.29. The topological polar surface area (TPSA) is 54.0 Å². The monoisotopic (exact) mass is 233 g/mol. The molecule has 0 saturated carbocycles. The summed E-state index contributed by atoms with van der Waals surface area (Å²) in [7, 11) is 0. The standard InChI is InChI=1S/C13H19N3O/c1-3-5-9-15-13(17)11-6-7-12(16-10-11)14-8-4-2/h4,6-7,10H,2-3,5,8-9H2,1H3,(H,14,16)(H,15,17). The summed E-state index contributed by atoms with van der Waals surface area (Å²) in [6.45, 7) is 7.08. The number of hydrogen-bond donors (Lipinski definition) is 2. The third-order valence-electron chi connectivity index (χ3n) is 2.27. The minimum Gasteiger partial charge on any atom is -0.367 e. The van der Waals surface area contributed by atoms with Crippen LogP contribution in [0.25, 0.3) is 0 Å². The summed E-state index contributed by atoms with van der Waals surface area (Å²) in [6, 6.07) is 3.55. The number of nitrogens with one attached hydrogen (secondary N) is 2. The first-order chi connectivity index (χ1) is 8.27. The van der Waals surface area contributed by atoms with Crippen molar-refractivity contribution in [1.82, 2.24) is 10.3 Å². The van der Waals surface area contributed by atoms with E-state index in [4.69, 9.17) is 0 Å². The molecule has 0 atom stereocenters. The van der Waals surface area contributed by atoms with Crippen molar-refractivity contribution in [2.24, 2.45) is 0 Å². The molecule has 17 heavy (non-hydrogen) atoms. The summed E-state index contributed by atoms with van der Waals surface area (Å²) in [4.78, 5) is 15.8. The molecular weight excluding hydrogens is 214 g/mol. The third kappa shape index (κ3) is 4.68. The number of rotatable bonds is 7. The van der Waals surface area contributed by atoms with Crippen molar-refractivity contribution in [3.63, 3.8) is 0 Å². The zero-order chi connectivity index (χ0) is 12.5. The van der Waals surface area contributed by atoms with Crippen molar-refractivity contribution in [3.05, 3.63) is 36.5 Å². The Bertz CT molecular complexity index is 359. The maximum Gasteiger partial charge on any atom is 0.252 e. The maximum atomic E-state index is 11.7. The summed E-state index contributed by atoms with van der Waals surface area (Å²) in [5, 5.41) is 5.90. The molecule has 0 saturated heterocycles. The van der Waals surface area contributed by atoms with Gasteiger partial charge in [-0.1, -0.05) is 19.4 Å². The van der Waals surface area contributed by atoms with Crippen molar-refractivity contribution < 1.29 is 4.79 Å². The molecule has 92 valence electrons. The predicted octanol–water partition coefficient (Wildman–Crippen LogP) is 2.21. The van der Waals surface area contributed by atoms with Crippen molar-refractivity contribution in [3.8, 4) is 0 Å². The van der Waals surface area contributed by atoms with Gasteiger partial charge in [0.05, 0.1) is 5.56 Å². The zero-order valence-corrected chi connectivity index (χ0v) is 10.2. The van der Waals surface area contributed by atoms with Crippen molar-refractivity contribution in [2.75, 3.05) is 18.4 Å². The van der Waals surface area contributed by atoms with Crippen LogP contribution in [-0.4, -0.2) is 24.0 Å². The van der Waals surface area contributed by atoms with Crippen LogP contribution in [0.1, 0.15) is 30.1 Å². The smallest absolute Gasteiger partial charge is 0.252 e. The second kappa shape index (κ2) is 7.44. The lowest BCUT2D eigenvalue weighted by Gasteiger charge is -2.05. The van der Waals surface area contributed by atoms with Gasteiger partial charge in [0.15, 0.2) is 0 Å². The summed E-state index contributed by atoms with van der Waals surface area (Å²) in [5.41, 5.74) is 0.588. The summed E-state index contributed by atoms with van der Waals surface area (Å²) in [6.07, 6.45) is 5.40. The number of aromatic nitrogens is 1. The fourth-order valence-corrected chi connectivity index (χ4v) is 1.29. The van der Waals surface area contributed by atoms with E-state index in [-0.39, 0.29) is 5.91 Å². The van der Waals surface area contributed by atoms with E-state index in [1.165, 1.54) is 0 Å². The Balaban J connectivity index is 2.48. The molecule has 0 spiro atoms. The SMILES string of the molecule is C=CCNc1ccc(C(=O)NCCCC)cn1. The molecule has 1 amide bonds. The molecule has 4 heteroatoms. The Hall–Kier alpha value is -1.84. The van der Waals surface area contributed by atoms with Gasteiger partial charge < -0.3 is 10.6 Å². The summed E-state index contributed by atoms with van der Waals surface area (Å²) in [5.74, 6) is 0.677. The Morgan fingerprint density at radius 1 is 1.53 bits per heavy atom. The minimum atomic E-state index is -0.0683. The number of anilines is 1. The van der Waals surface area contributed by atoms with Gasteiger partial charge in [0.25, 0.3) is 5.91 Å². The number of carbonyl (C=O) groups excluding carboxylic acids is 1. The van der Waals surface area contributed by atoms with E-state index in [9.17, 15) is 4.79 Å².